The van der Waals surface area contributed by atoms with Gasteiger partial charge in [-0.2, -0.15) is 0 Å². The zero-order valence-electron chi connectivity index (χ0n) is 10.6. The van der Waals surface area contributed by atoms with Gasteiger partial charge in [0.05, 0.1) is 15.8 Å². The molecule has 2 aromatic carbocycles. The van der Waals surface area contributed by atoms with Crippen molar-refractivity contribution in [2.45, 2.75) is 0 Å². The van der Waals surface area contributed by atoms with Crippen molar-refractivity contribution in [1.82, 2.24) is 0 Å². The van der Waals surface area contributed by atoms with Crippen LogP contribution in [0.25, 0.3) is 0 Å². The molecule has 0 bridgehead atoms. The van der Waals surface area contributed by atoms with Crippen LogP contribution in [0.3, 0.4) is 0 Å². The lowest BCUT2D eigenvalue weighted by Gasteiger charge is -2.21. The molecule has 0 saturated carbocycles. The van der Waals surface area contributed by atoms with Gasteiger partial charge in [-0.25, -0.2) is 8.78 Å². The molecule has 0 atom stereocenters. The van der Waals surface area contributed by atoms with E-state index in [2.05, 4.69) is 15.9 Å². The third-order valence-electron chi connectivity index (χ3n) is 2.93. The lowest BCUT2D eigenvalue weighted by Crippen LogP contribution is -2.16. The number of nitrogen functional groups attached to an aromatic ring is 1. The summed E-state index contributed by atoms with van der Waals surface area (Å²) in [5, 5.41) is 7.36. The van der Waals surface area contributed by atoms with Crippen molar-refractivity contribution in [3.63, 3.8) is 0 Å². The minimum absolute atomic E-state index is 0.0886. The van der Waals surface area contributed by atoms with Gasteiger partial charge in [-0.15, -0.1) is 0 Å². The van der Waals surface area contributed by atoms with Crippen LogP contribution in [0.15, 0.2) is 40.9 Å². The average molecular weight is 340 g/mol. The lowest BCUT2D eigenvalue weighted by molar-refractivity contribution is 0.613. The SMILES string of the molecule is CN(c1ccccc1F)c1ccc(C(=N)N)c(Br)c1F. The van der Waals surface area contributed by atoms with Crippen LogP contribution in [0.1, 0.15) is 5.56 Å². The first-order valence-corrected chi connectivity index (χ1v) is 6.53. The summed E-state index contributed by atoms with van der Waals surface area (Å²) >= 11 is 3.07. The van der Waals surface area contributed by atoms with Gasteiger partial charge >= 0.3 is 0 Å². The van der Waals surface area contributed by atoms with Gasteiger partial charge in [0.15, 0.2) is 5.82 Å². The van der Waals surface area contributed by atoms with E-state index in [1.165, 1.54) is 23.1 Å². The molecular weight excluding hydrogens is 328 g/mol. The molecule has 0 unspecified atom stereocenters. The van der Waals surface area contributed by atoms with Crippen LogP contribution in [-0.2, 0) is 0 Å². The predicted octanol–water partition coefficient (Wildman–Crippen LogP) is 3.78. The molecule has 0 heterocycles. The fourth-order valence-corrected chi connectivity index (χ4v) is 2.41. The molecule has 0 aliphatic rings. The van der Waals surface area contributed by atoms with E-state index in [-0.39, 0.29) is 27.2 Å². The molecule has 2 rings (SSSR count). The number of benzene rings is 2. The summed E-state index contributed by atoms with van der Waals surface area (Å²) in [5.74, 6) is -1.28. The zero-order valence-corrected chi connectivity index (χ0v) is 12.2. The number of nitrogens with zero attached hydrogens (tertiary/aromatic N) is 1. The van der Waals surface area contributed by atoms with E-state index >= 15 is 0 Å². The van der Waals surface area contributed by atoms with Gasteiger partial charge in [0.2, 0.25) is 0 Å². The fourth-order valence-electron chi connectivity index (χ4n) is 1.86. The van der Waals surface area contributed by atoms with E-state index in [1.807, 2.05) is 0 Å². The second kappa shape index (κ2) is 5.58. The Bertz CT molecular complexity index is 673. The maximum atomic E-state index is 14.3. The second-order valence-electron chi connectivity index (χ2n) is 4.18. The van der Waals surface area contributed by atoms with Crippen LogP contribution in [0.5, 0.6) is 0 Å². The first-order valence-electron chi connectivity index (χ1n) is 5.74. The Morgan fingerprint density at radius 1 is 1.15 bits per heavy atom. The van der Waals surface area contributed by atoms with Gasteiger partial charge in [-0.1, -0.05) is 12.1 Å². The number of nitrogens with one attached hydrogen (secondary N) is 1. The van der Waals surface area contributed by atoms with Gasteiger partial charge < -0.3 is 10.6 Å². The summed E-state index contributed by atoms with van der Waals surface area (Å²) in [6.45, 7) is 0. The number of halogens is 3. The molecule has 3 N–H and O–H groups in total. The van der Waals surface area contributed by atoms with E-state index in [0.717, 1.165) is 0 Å². The molecule has 0 spiro atoms. The van der Waals surface area contributed by atoms with Crippen molar-refractivity contribution in [3.05, 3.63) is 58.1 Å². The second-order valence-corrected chi connectivity index (χ2v) is 4.98. The van der Waals surface area contributed by atoms with E-state index in [9.17, 15) is 8.78 Å². The Labute approximate surface area is 123 Å². The van der Waals surface area contributed by atoms with Crippen LogP contribution < -0.4 is 10.6 Å². The topological polar surface area (TPSA) is 53.1 Å². The minimum atomic E-state index is -0.594. The van der Waals surface area contributed by atoms with Crippen LogP contribution in [0.4, 0.5) is 20.2 Å². The molecule has 20 heavy (non-hydrogen) atoms. The fraction of sp³-hybridized carbons (Fsp3) is 0.0714. The van der Waals surface area contributed by atoms with E-state index < -0.39 is 11.6 Å². The Balaban J connectivity index is 2.52. The van der Waals surface area contributed by atoms with Gasteiger partial charge in [-0.3, -0.25) is 5.41 Å². The highest BCUT2D eigenvalue weighted by molar-refractivity contribution is 9.10. The van der Waals surface area contributed by atoms with Crippen LogP contribution in [-0.4, -0.2) is 12.9 Å². The molecule has 0 saturated heterocycles. The summed E-state index contributed by atoms with van der Waals surface area (Å²) in [6, 6.07) is 9.08. The number of nitrogens with two attached hydrogens (primary N) is 1. The minimum Gasteiger partial charge on any atom is -0.384 e. The molecule has 2 aromatic rings. The van der Waals surface area contributed by atoms with Crippen molar-refractivity contribution in [2.24, 2.45) is 5.73 Å². The smallest absolute Gasteiger partial charge is 0.161 e. The normalized spacial score (nSPS) is 10.4. The average Bonchev–Trinajstić information content (AvgIpc) is 2.41. The van der Waals surface area contributed by atoms with Crippen molar-refractivity contribution in [1.29, 1.82) is 5.41 Å². The summed E-state index contributed by atoms with van der Waals surface area (Å²) < 4.78 is 28.2. The molecule has 0 radical (unpaired) electrons. The quantitative estimate of drug-likeness (QED) is 0.660. The van der Waals surface area contributed by atoms with E-state index in [1.54, 1.807) is 25.2 Å². The summed E-state index contributed by atoms with van der Waals surface area (Å²) in [4.78, 5) is 1.40. The van der Waals surface area contributed by atoms with Crippen LogP contribution >= 0.6 is 15.9 Å². The molecular formula is C14H12BrF2N3. The maximum Gasteiger partial charge on any atom is 0.161 e. The standard InChI is InChI=1S/C14H12BrF2N3/c1-20(10-5-3-2-4-9(10)16)11-7-6-8(14(18)19)12(15)13(11)17/h2-7H,1H3,(H3,18,19). The highest BCUT2D eigenvalue weighted by atomic mass is 79.9. The lowest BCUT2D eigenvalue weighted by atomic mass is 10.1. The molecule has 6 heteroatoms. The van der Waals surface area contributed by atoms with Crippen LogP contribution in [0, 0.1) is 17.0 Å². The molecule has 3 nitrogen and oxygen atoms in total. The number of hydrogen-bond donors (Lipinski definition) is 2. The van der Waals surface area contributed by atoms with Crippen molar-refractivity contribution >= 4 is 33.1 Å². The molecule has 0 aromatic heterocycles. The van der Waals surface area contributed by atoms with Crippen molar-refractivity contribution < 1.29 is 8.78 Å². The number of para-hydroxylation sites is 1. The molecule has 0 amide bonds. The Hall–Kier alpha value is -1.95. The maximum absolute atomic E-state index is 14.3. The largest absolute Gasteiger partial charge is 0.384 e. The first kappa shape index (κ1) is 14.5. The van der Waals surface area contributed by atoms with Gasteiger partial charge in [0.1, 0.15) is 11.7 Å². The first-order chi connectivity index (χ1) is 9.43. The number of rotatable bonds is 3. The predicted molar refractivity (Wildman–Crippen MR) is 79.6 cm³/mol. The monoisotopic (exact) mass is 339 g/mol. The van der Waals surface area contributed by atoms with Crippen molar-refractivity contribution in [3.8, 4) is 0 Å². The van der Waals surface area contributed by atoms with E-state index in [4.69, 9.17) is 11.1 Å². The van der Waals surface area contributed by atoms with Crippen LogP contribution in [0.2, 0.25) is 0 Å². The highest BCUT2D eigenvalue weighted by Crippen LogP contribution is 2.33. The van der Waals surface area contributed by atoms with E-state index in [0.29, 0.717) is 0 Å². The van der Waals surface area contributed by atoms with Gasteiger partial charge in [-0.05, 0) is 40.2 Å². The number of hydrogen-bond acceptors (Lipinski definition) is 2. The third kappa shape index (κ3) is 2.51. The summed E-state index contributed by atoms with van der Waals surface area (Å²) in [7, 11) is 1.57. The molecule has 104 valence electrons. The highest BCUT2D eigenvalue weighted by Gasteiger charge is 2.18. The molecule has 0 aliphatic heterocycles. The van der Waals surface area contributed by atoms with Gasteiger partial charge in [0, 0.05) is 12.6 Å². The summed E-state index contributed by atoms with van der Waals surface area (Å²) in [5.41, 5.74) is 6.06. The van der Waals surface area contributed by atoms with Crippen molar-refractivity contribution in [2.75, 3.05) is 11.9 Å². The Kier molecular flexibility index (Phi) is 4.04. The number of anilines is 2. The molecule has 0 aliphatic carbocycles. The third-order valence-corrected chi connectivity index (χ3v) is 3.70. The molecule has 0 fully saturated rings. The van der Waals surface area contributed by atoms with Gasteiger partial charge in [0.25, 0.3) is 0 Å². The Morgan fingerprint density at radius 3 is 2.40 bits per heavy atom. The summed E-state index contributed by atoms with van der Waals surface area (Å²) in [6.07, 6.45) is 0. The number of amidine groups is 1. The Morgan fingerprint density at radius 2 is 1.80 bits per heavy atom. The zero-order chi connectivity index (χ0) is 14.9.